The van der Waals surface area contributed by atoms with E-state index in [-0.39, 0.29) is 16.9 Å². The molecule has 3 aromatic rings. The lowest BCUT2D eigenvalue weighted by atomic mass is 9.79. The van der Waals surface area contributed by atoms with E-state index in [1.54, 1.807) is 6.20 Å². The molecule has 2 fully saturated rings. The highest BCUT2D eigenvalue weighted by Gasteiger charge is 2.49. The normalized spacial score (nSPS) is 21.6. The van der Waals surface area contributed by atoms with E-state index in [2.05, 4.69) is 37.3 Å². The number of anilines is 1. The smallest absolute Gasteiger partial charge is 0.245 e. The number of amides is 1. The second kappa shape index (κ2) is 7.90. The molecule has 1 amide bonds. The van der Waals surface area contributed by atoms with Crippen LogP contribution < -0.4 is 4.90 Å². The molecule has 0 saturated carbocycles. The van der Waals surface area contributed by atoms with Gasteiger partial charge in [0.05, 0.1) is 29.6 Å². The molecule has 0 unspecified atom stereocenters. The third kappa shape index (κ3) is 3.47. The van der Waals surface area contributed by atoms with Crippen LogP contribution in [-0.2, 0) is 29.5 Å². The molecule has 1 aromatic carbocycles. The van der Waals surface area contributed by atoms with Crippen LogP contribution in [-0.4, -0.2) is 57.4 Å². The number of ether oxygens (including phenoxy) is 1. The van der Waals surface area contributed by atoms with E-state index in [0.717, 1.165) is 77.3 Å². The Morgan fingerprint density at radius 3 is 2.78 bits per heavy atom. The van der Waals surface area contributed by atoms with Crippen LogP contribution in [0.1, 0.15) is 46.8 Å². The molecule has 0 radical (unpaired) electrons. The van der Waals surface area contributed by atoms with Crippen LogP contribution in [0.15, 0.2) is 31.0 Å². The number of benzene rings is 1. The molecule has 1 spiro atoms. The van der Waals surface area contributed by atoms with Gasteiger partial charge in [-0.25, -0.2) is 4.98 Å². The van der Waals surface area contributed by atoms with Gasteiger partial charge in [0.2, 0.25) is 5.91 Å². The van der Waals surface area contributed by atoms with Gasteiger partial charge in [-0.1, -0.05) is 18.7 Å². The number of hydrogen-bond acceptors (Lipinski definition) is 5. The molecule has 0 aliphatic carbocycles. The Labute approximate surface area is 217 Å². The zero-order chi connectivity index (χ0) is 27.9. The van der Waals surface area contributed by atoms with E-state index in [1.165, 1.54) is 10.8 Å². The summed E-state index contributed by atoms with van der Waals surface area (Å²) in [5.41, 5.74) is 6.22. The molecule has 36 heavy (non-hydrogen) atoms. The second-order valence-corrected chi connectivity index (χ2v) is 11.4. The highest BCUT2D eigenvalue weighted by atomic mass is 16.5. The van der Waals surface area contributed by atoms with Crippen molar-refractivity contribution in [1.82, 2.24) is 19.7 Å². The van der Waals surface area contributed by atoms with Crippen molar-refractivity contribution in [3.63, 3.8) is 0 Å². The Kier molecular flexibility index (Phi) is 4.38. The highest BCUT2D eigenvalue weighted by Crippen LogP contribution is 2.46. The quantitative estimate of drug-likeness (QED) is 0.514. The van der Waals surface area contributed by atoms with Crippen LogP contribution in [0.5, 0.6) is 0 Å². The van der Waals surface area contributed by atoms with Crippen molar-refractivity contribution in [2.45, 2.75) is 52.7 Å². The Morgan fingerprint density at radius 1 is 1.22 bits per heavy atom. The number of hydrogen-bond donors (Lipinski definition) is 0. The van der Waals surface area contributed by atoms with Gasteiger partial charge in [-0.2, -0.15) is 5.10 Å². The molecule has 0 bridgehead atoms. The number of fused-ring (bicyclic) bond motifs is 2. The average Bonchev–Trinajstić information content (AvgIpc) is 3.48. The molecule has 6 rings (SSSR count). The molecule has 2 aromatic heterocycles. The van der Waals surface area contributed by atoms with Crippen molar-refractivity contribution < 1.29 is 13.6 Å². The minimum Gasteiger partial charge on any atom is -0.370 e. The third-order valence-electron chi connectivity index (χ3n) is 8.27. The summed E-state index contributed by atoms with van der Waals surface area (Å²) in [5.74, 6) is 0.921. The minimum atomic E-state index is -2.41. The molecular formula is C29H35N5O2. The van der Waals surface area contributed by atoms with Gasteiger partial charge in [-0.15, -0.1) is 0 Å². The van der Waals surface area contributed by atoms with Crippen molar-refractivity contribution >= 4 is 22.6 Å². The lowest BCUT2D eigenvalue weighted by molar-refractivity contribution is -0.136. The molecule has 7 nitrogen and oxygen atoms in total. The number of pyridine rings is 1. The standard InChI is InChI=1S/C29H35N5O2/c1-7-23(35)34-16-29(17-34)10-11-33(15-29)27-19(3)25(21-14-36-28(4,5)12-22(21)31-27)24-18(2)8-9-20-13-30-32(6)26(20)24/h7-9,13H,1,10-12,14-17H2,2-6H3/i6D3. The van der Waals surface area contributed by atoms with Gasteiger partial charge in [0.25, 0.3) is 0 Å². The second-order valence-electron chi connectivity index (χ2n) is 11.4. The largest absolute Gasteiger partial charge is 0.370 e. The molecule has 0 N–H and O–H groups in total. The van der Waals surface area contributed by atoms with Crippen LogP contribution in [0, 0.1) is 19.3 Å². The van der Waals surface area contributed by atoms with Gasteiger partial charge in [0.1, 0.15) is 5.82 Å². The highest BCUT2D eigenvalue weighted by molar-refractivity contribution is 5.98. The molecule has 3 aliphatic rings. The van der Waals surface area contributed by atoms with E-state index in [1.807, 2.05) is 24.0 Å². The zero-order valence-corrected chi connectivity index (χ0v) is 21.5. The summed E-state index contributed by atoms with van der Waals surface area (Å²) >= 11 is 0. The maximum atomic E-state index is 12.1. The summed E-state index contributed by atoms with van der Waals surface area (Å²) < 4.78 is 31.9. The van der Waals surface area contributed by atoms with E-state index in [0.29, 0.717) is 18.5 Å². The fourth-order valence-corrected chi connectivity index (χ4v) is 6.39. The summed E-state index contributed by atoms with van der Waals surface area (Å²) in [6, 6.07) is 3.97. The van der Waals surface area contributed by atoms with Gasteiger partial charge in [0, 0.05) is 65.6 Å². The third-order valence-corrected chi connectivity index (χ3v) is 8.27. The van der Waals surface area contributed by atoms with Crippen LogP contribution in [0.25, 0.3) is 22.0 Å². The Balaban J connectivity index is 1.52. The number of carbonyl (C=O) groups is 1. The summed E-state index contributed by atoms with van der Waals surface area (Å²) in [4.78, 5) is 21.6. The summed E-state index contributed by atoms with van der Waals surface area (Å²) in [6.07, 6.45) is 4.68. The van der Waals surface area contributed by atoms with Gasteiger partial charge in [0.15, 0.2) is 0 Å². The molecule has 0 atom stereocenters. The fraction of sp³-hybridized carbons (Fsp3) is 0.483. The SMILES string of the molecule is [2H]C([2H])([2H])n1ncc2ccc(C)c(-c3c(C)c(N4CCC5(CN(C(=O)C=C)C5)C4)nc4c3COC(C)(C)C4)c21. The molecular weight excluding hydrogens is 450 g/mol. The first-order chi connectivity index (χ1) is 18.3. The molecule has 5 heterocycles. The Morgan fingerprint density at radius 2 is 2.03 bits per heavy atom. The number of rotatable bonds is 3. The molecule has 3 aliphatic heterocycles. The van der Waals surface area contributed by atoms with Crippen LogP contribution in [0.4, 0.5) is 5.82 Å². The van der Waals surface area contributed by atoms with Crippen molar-refractivity contribution in [2.24, 2.45) is 12.4 Å². The van der Waals surface area contributed by atoms with Gasteiger partial charge in [-0.05, 0) is 56.9 Å². The zero-order valence-electron chi connectivity index (χ0n) is 24.5. The first-order valence-corrected chi connectivity index (χ1v) is 12.6. The van der Waals surface area contributed by atoms with Crippen molar-refractivity contribution in [3.05, 3.63) is 53.4 Å². The number of likely N-dealkylation sites (tertiary alicyclic amines) is 1. The maximum Gasteiger partial charge on any atom is 0.245 e. The van der Waals surface area contributed by atoms with Gasteiger partial charge in [-0.3, -0.25) is 9.48 Å². The van der Waals surface area contributed by atoms with Gasteiger partial charge >= 0.3 is 0 Å². The lowest BCUT2D eigenvalue weighted by Gasteiger charge is -2.47. The summed E-state index contributed by atoms with van der Waals surface area (Å²) in [5, 5.41) is 5.07. The van der Waals surface area contributed by atoms with Crippen molar-refractivity contribution in [2.75, 3.05) is 31.1 Å². The molecule has 188 valence electrons. The van der Waals surface area contributed by atoms with Crippen LogP contribution in [0.3, 0.4) is 0 Å². The van der Waals surface area contributed by atoms with E-state index in [4.69, 9.17) is 13.8 Å². The summed E-state index contributed by atoms with van der Waals surface area (Å²) in [6.45, 7) is 13.1. The Hall–Kier alpha value is -3.19. The van der Waals surface area contributed by atoms with E-state index in [9.17, 15) is 4.79 Å². The van der Waals surface area contributed by atoms with Crippen molar-refractivity contribution in [1.29, 1.82) is 0 Å². The first-order valence-electron chi connectivity index (χ1n) is 14.1. The first kappa shape index (κ1) is 19.9. The minimum absolute atomic E-state index is 0.0129. The van der Waals surface area contributed by atoms with Crippen LogP contribution >= 0.6 is 0 Å². The number of carbonyl (C=O) groups excluding carboxylic acids is 1. The maximum absolute atomic E-state index is 12.1. The number of aryl methyl sites for hydroxylation is 2. The van der Waals surface area contributed by atoms with E-state index >= 15 is 0 Å². The molecule has 2 saturated heterocycles. The van der Waals surface area contributed by atoms with Gasteiger partial charge < -0.3 is 14.5 Å². The summed E-state index contributed by atoms with van der Waals surface area (Å²) in [7, 11) is 0. The predicted octanol–water partition coefficient (Wildman–Crippen LogP) is 4.33. The van der Waals surface area contributed by atoms with Crippen LogP contribution in [0.2, 0.25) is 0 Å². The number of nitrogens with zero attached hydrogens (tertiary/aromatic N) is 5. The predicted molar refractivity (Wildman–Crippen MR) is 142 cm³/mol. The monoisotopic (exact) mass is 488 g/mol. The fourth-order valence-electron chi connectivity index (χ4n) is 6.39. The lowest BCUT2D eigenvalue weighted by Crippen LogP contribution is -2.59. The van der Waals surface area contributed by atoms with Crippen molar-refractivity contribution in [3.8, 4) is 11.1 Å². The average molecular weight is 489 g/mol. The topological polar surface area (TPSA) is 63.5 Å². The number of aromatic nitrogens is 3. The Bertz CT molecular complexity index is 1520. The molecule has 7 heteroatoms. The van der Waals surface area contributed by atoms with E-state index < -0.39 is 6.98 Å².